The Bertz CT molecular complexity index is 389. The van der Waals surface area contributed by atoms with Crippen LogP contribution >= 0.6 is 0 Å². The van der Waals surface area contributed by atoms with E-state index >= 15 is 0 Å². The van der Waals surface area contributed by atoms with Gasteiger partial charge >= 0.3 is 0 Å². The van der Waals surface area contributed by atoms with Crippen molar-refractivity contribution in [3.63, 3.8) is 0 Å². The fourth-order valence-corrected chi connectivity index (χ4v) is 1.89. The standard InChI is InChI=1S/C11H21N3O/c1-5-7-9-10(12)11(15)14(13(9)4)8(3)6-2/h8H,5-7,12H2,1-4H3. The molecule has 1 rings (SSSR count). The quantitative estimate of drug-likeness (QED) is 0.824. The van der Waals surface area contributed by atoms with E-state index in [1.807, 2.05) is 18.7 Å². The number of hydrogen-bond acceptors (Lipinski definition) is 2. The van der Waals surface area contributed by atoms with Crippen LogP contribution in [0.3, 0.4) is 0 Å². The van der Waals surface area contributed by atoms with E-state index in [4.69, 9.17) is 5.73 Å². The summed E-state index contributed by atoms with van der Waals surface area (Å²) in [6.07, 6.45) is 2.80. The molecule has 0 aliphatic heterocycles. The highest BCUT2D eigenvalue weighted by atomic mass is 16.1. The van der Waals surface area contributed by atoms with Gasteiger partial charge in [-0.05, 0) is 19.8 Å². The predicted molar refractivity (Wildman–Crippen MR) is 63.1 cm³/mol. The number of nitrogens with two attached hydrogens (primary N) is 1. The first kappa shape index (κ1) is 11.9. The van der Waals surface area contributed by atoms with E-state index in [0.717, 1.165) is 25.0 Å². The molecule has 0 aromatic carbocycles. The zero-order chi connectivity index (χ0) is 11.6. The van der Waals surface area contributed by atoms with Gasteiger partial charge in [-0.3, -0.25) is 9.48 Å². The van der Waals surface area contributed by atoms with Gasteiger partial charge in [-0.25, -0.2) is 4.68 Å². The van der Waals surface area contributed by atoms with Crippen LogP contribution in [0.15, 0.2) is 4.79 Å². The lowest BCUT2D eigenvalue weighted by atomic mass is 10.2. The molecule has 4 nitrogen and oxygen atoms in total. The Morgan fingerprint density at radius 2 is 2.00 bits per heavy atom. The third kappa shape index (κ3) is 1.94. The molecule has 2 N–H and O–H groups in total. The number of anilines is 1. The predicted octanol–water partition coefficient (Wildman–Crippen LogP) is 1.69. The summed E-state index contributed by atoms with van der Waals surface area (Å²) in [4.78, 5) is 11.9. The summed E-state index contributed by atoms with van der Waals surface area (Å²) in [5.41, 5.74) is 7.16. The van der Waals surface area contributed by atoms with Crippen molar-refractivity contribution in [2.24, 2.45) is 7.05 Å². The molecule has 1 aromatic heterocycles. The highest BCUT2D eigenvalue weighted by Crippen LogP contribution is 2.14. The summed E-state index contributed by atoms with van der Waals surface area (Å²) in [5.74, 6) is 0. The number of rotatable bonds is 4. The highest BCUT2D eigenvalue weighted by Gasteiger charge is 2.17. The van der Waals surface area contributed by atoms with Gasteiger partial charge in [0.25, 0.3) is 5.56 Å². The van der Waals surface area contributed by atoms with E-state index in [-0.39, 0.29) is 11.6 Å². The van der Waals surface area contributed by atoms with Crippen LogP contribution in [0.5, 0.6) is 0 Å². The average Bonchev–Trinajstić information content (AvgIpc) is 2.42. The van der Waals surface area contributed by atoms with Crippen molar-refractivity contribution in [2.45, 2.75) is 46.1 Å². The summed E-state index contributed by atoms with van der Waals surface area (Å²) < 4.78 is 3.66. The van der Waals surface area contributed by atoms with Crippen LogP contribution in [0.1, 0.15) is 45.3 Å². The van der Waals surface area contributed by atoms with Crippen LogP contribution in [0, 0.1) is 0 Å². The van der Waals surface area contributed by atoms with Gasteiger partial charge in [0.05, 0.1) is 11.7 Å². The molecule has 0 saturated heterocycles. The van der Waals surface area contributed by atoms with E-state index in [0.29, 0.717) is 5.69 Å². The van der Waals surface area contributed by atoms with E-state index < -0.39 is 0 Å². The maximum Gasteiger partial charge on any atom is 0.290 e. The van der Waals surface area contributed by atoms with Crippen molar-refractivity contribution < 1.29 is 0 Å². The Kier molecular flexibility index (Phi) is 3.61. The third-order valence-corrected chi connectivity index (χ3v) is 2.96. The second-order valence-corrected chi connectivity index (χ2v) is 4.04. The van der Waals surface area contributed by atoms with Gasteiger partial charge in [0.1, 0.15) is 5.69 Å². The van der Waals surface area contributed by atoms with Gasteiger partial charge in [0.15, 0.2) is 0 Å². The minimum atomic E-state index is -0.0460. The van der Waals surface area contributed by atoms with E-state index in [9.17, 15) is 4.79 Å². The molecule has 86 valence electrons. The number of nitrogen functional groups attached to an aromatic ring is 1. The van der Waals surface area contributed by atoms with Crippen molar-refractivity contribution in [2.75, 3.05) is 5.73 Å². The number of hydrogen-bond donors (Lipinski definition) is 1. The van der Waals surface area contributed by atoms with Gasteiger partial charge < -0.3 is 5.73 Å². The summed E-state index contributed by atoms with van der Waals surface area (Å²) in [6, 6.07) is 0.204. The largest absolute Gasteiger partial charge is 0.393 e. The van der Waals surface area contributed by atoms with Crippen LogP contribution in [0.25, 0.3) is 0 Å². The molecule has 0 fully saturated rings. The third-order valence-electron chi connectivity index (χ3n) is 2.96. The van der Waals surface area contributed by atoms with E-state index in [1.165, 1.54) is 0 Å². The first-order valence-corrected chi connectivity index (χ1v) is 5.60. The molecule has 0 radical (unpaired) electrons. The van der Waals surface area contributed by atoms with Crippen molar-refractivity contribution in [3.8, 4) is 0 Å². The molecule has 1 aromatic rings. The molecule has 1 atom stereocenters. The summed E-state index contributed by atoms with van der Waals surface area (Å²) in [5, 5.41) is 0. The van der Waals surface area contributed by atoms with Crippen LogP contribution in [-0.2, 0) is 13.5 Å². The Morgan fingerprint density at radius 1 is 1.40 bits per heavy atom. The molecular weight excluding hydrogens is 190 g/mol. The smallest absolute Gasteiger partial charge is 0.290 e. The molecular formula is C11H21N3O. The lowest BCUT2D eigenvalue weighted by Gasteiger charge is -2.15. The topological polar surface area (TPSA) is 53.0 Å². The highest BCUT2D eigenvalue weighted by molar-refractivity contribution is 5.41. The molecule has 4 heteroatoms. The van der Waals surface area contributed by atoms with Gasteiger partial charge in [0, 0.05) is 7.05 Å². The average molecular weight is 211 g/mol. The van der Waals surface area contributed by atoms with Crippen LogP contribution in [0.4, 0.5) is 5.69 Å². The Labute approximate surface area is 90.7 Å². The van der Waals surface area contributed by atoms with Gasteiger partial charge in [-0.15, -0.1) is 0 Å². The van der Waals surface area contributed by atoms with Crippen molar-refractivity contribution in [3.05, 3.63) is 16.0 Å². The summed E-state index contributed by atoms with van der Waals surface area (Å²) in [6.45, 7) is 6.20. The number of nitrogens with zero attached hydrogens (tertiary/aromatic N) is 2. The molecule has 0 saturated carbocycles. The molecule has 1 unspecified atom stereocenters. The zero-order valence-corrected chi connectivity index (χ0v) is 10.1. The maximum absolute atomic E-state index is 11.9. The molecule has 0 amide bonds. The normalized spacial score (nSPS) is 13.1. The number of aromatic nitrogens is 2. The van der Waals surface area contributed by atoms with Crippen molar-refractivity contribution in [1.82, 2.24) is 9.36 Å². The SMILES string of the molecule is CCCc1c(N)c(=O)n(C(C)CC)n1C. The lowest BCUT2D eigenvalue weighted by Crippen LogP contribution is -2.25. The Hall–Kier alpha value is -1.19. The minimum Gasteiger partial charge on any atom is -0.393 e. The fourth-order valence-electron chi connectivity index (χ4n) is 1.89. The fraction of sp³-hybridized carbons (Fsp3) is 0.727. The molecule has 15 heavy (non-hydrogen) atoms. The molecule has 1 heterocycles. The molecule has 0 bridgehead atoms. The van der Waals surface area contributed by atoms with Crippen molar-refractivity contribution >= 4 is 5.69 Å². The minimum absolute atomic E-state index is 0.0460. The van der Waals surface area contributed by atoms with Crippen LogP contribution < -0.4 is 11.3 Å². The Morgan fingerprint density at radius 3 is 2.47 bits per heavy atom. The van der Waals surface area contributed by atoms with Gasteiger partial charge in [0.2, 0.25) is 0 Å². The molecule has 0 spiro atoms. The van der Waals surface area contributed by atoms with Crippen LogP contribution in [0.2, 0.25) is 0 Å². The lowest BCUT2D eigenvalue weighted by molar-refractivity contribution is 0.395. The first-order chi connectivity index (χ1) is 7.04. The Balaban J connectivity index is 3.29. The van der Waals surface area contributed by atoms with Crippen LogP contribution in [-0.4, -0.2) is 9.36 Å². The second-order valence-electron chi connectivity index (χ2n) is 4.04. The molecule has 0 aliphatic carbocycles. The maximum atomic E-state index is 11.9. The monoisotopic (exact) mass is 211 g/mol. The van der Waals surface area contributed by atoms with Gasteiger partial charge in [-0.1, -0.05) is 20.3 Å². The van der Waals surface area contributed by atoms with E-state index in [1.54, 1.807) is 4.68 Å². The summed E-state index contributed by atoms with van der Waals surface area (Å²) in [7, 11) is 1.91. The molecule has 0 aliphatic rings. The first-order valence-electron chi connectivity index (χ1n) is 5.60. The van der Waals surface area contributed by atoms with Crippen molar-refractivity contribution in [1.29, 1.82) is 0 Å². The zero-order valence-electron chi connectivity index (χ0n) is 10.1. The second kappa shape index (κ2) is 4.55. The van der Waals surface area contributed by atoms with E-state index in [2.05, 4.69) is 13.8 Å². The summed E-state index contributed by atoms with van der Waals surface area (Å²) >= 11 is 0. The van der Waals surface area contributed by atoms with Gasteiger partial charge in [-0.2, -0.15) is 0 Å².